The fourth-order valence-corrected chi connectivity index (χ4v) is 3.68. The SMILES string of the molecule is CC(C)(C)N1CC2CCC(C1)N2C(O)C1CC1(F)F. The molecule has 3 aliphatic rings. The number of aliphatic hydroxyl groups excluding tert-OH is 1. The second-order valence-electron chi connectivity index (χ2n) is 7.39. The van der Waals surface area contributed by atoms with Crippen molar-refractivity contribution in [1.29, 1.82) is 0 Å². The summed E-state index contributed by atoms with van der Waals surface area (Å²) >= 11 is 0. The van der Waals surface area contributed by atoms with E-state index < -0.39 is 18.1 Å². The Kier molecular flexibility index (Phi) is 2.97. The number of halogens is 2. The monoisotopic (exact) mass is 274 g/mol. The Balaban J connectivity index is 1.70. The number of piperazine rings is 1. The van der Waals surface area contributed by atoms with Crippen molar-refractivity contribution in [3.8, 4) is 0 Å². The van der Waals surface area contributed by atoms with Gasteiger partial charge in [-0.25, -0.2) is 8.78 Å². The van der Waals surface area contributed by atoms with Gasteiger partial charge in [-0.15, -0.1) is 0 Å². The van der Waals surface area contributed by atoms with Crippen LogP contribution in [-0.2, 0) is 0 Å². The Labute approximate surface area is 113 Å². The molecule has 110 valence electrons. The van der Waals surface area contributed by atoms with Gasteiger partial charge in [-0.3, -0.25) is 9.80 Å². The van der Waals surface area contributed by atoms with Crippen molar-refractivity contribution in [3.63, 3.8) is 0 Å². The minimum Gasteiger partial charge on any atom is -0.378 e. The Hall–Kier alpha value is -0.260. The topological polar surface area (TPSA) is 26.7 Å². The molecule has 4 unspecified atom stereocenters. The molecule has 0 radical (unpaired) electrons. The molecule has 1 aliphatic carbocycles. The molecular formula is C14H24F2N2O. The third kappa shape index (κ3) is 2.30. The van der Waals surface area contributed by atoms with Crippen LogP contribution in [0.25, 0.3) is 0 Å². The smallest absolute Gasteiger partial charge is 0.255 e. The third-order valence-electron chi connectivity index (χ3n) is 5.03. The average molecular weight is 274 g/mol. The first-order valence-corrected chi connectivity index (χ1v) is 7.28. The van der Waals surface area contributed by atoms with Gasteiger partial charge in [0, 0.05) is 37.1 Å². The first-order chi connectivity index (χ1) is 8.70. The molecule has 0 aromatic carbocycles. The molecule has 3 rings (SSSR count). The van der Waals surface area contributed by atoms with Crippen LogP contribution < -0.4 is 0 Å². The predicted octanol–water partition coefficient (Wildman–Crippen LogP) is 1.91. The van der Waals surface area contributed by atoms with E-state index in [1.54, 1.807) is 0 Å². The Morgan fingerprint density at radius 3 is 2.00 bits per heavy atom. The van der Waals surface area contributed by atoms with Crippen molar-refractivity contribution in [1.82, 2.24) is 9.80 Å². The normalized spacial score (nSPS) is 40.4. The summed E-state index contributed by atoms with van der Waals surface area (Å²) in [6.45, 7) is 8.33. The molecule has 5 heteroatoms. The summed E-state index contributed by atoms with van der Waals surface area (Å²) in [6.07, 6.45) is 0.946. The zero-order valence-corrected chi connectivity index (χ0v) is 11.9. The molecule has 4 atom stereocenters. The first-order valence-electron chi connectivity index (χ1n) is 7.28. The zero-order valence-electron chi connectivity index (χ0n) is 11.9. The van der Waals surface area contributed by atoms with E-state index in [4.69, 9.17) is 0 Å². The van der Waals surface area contributed by atoms with Crippen molar-refractivity contribution in [3.05, 3.63) is 0 Å². The summed E-state index contributed by atoms with van der Waals surface area (Å²) in [7, 11) is 0. The van der Waals surface area contributed by atoms with Gasteiger partial charge in [-0.1, -0.05) is 0 Å². The number of rotatable bonds is 2. The number of hydrogen-bond acceptors (Lipinski definition) is 3. The van der Waals surface area contributed by atoms with Crippen molar-refractivity contribution >= 4 is 0 Å². The summed E-state index contributed by atoms with van der Waals surface area (Å²) in [4.78, 5) is 4.40. The van der Waals surface area contributed by atoms with Crippen LogP contribution in [0.3, 0.4) is 0 Å². The standard InChI is InChI=1S/C14H24F2N2O/c1-13(2,3)17-7-9-4-5-10(8-17)18(9)12(19)11-6-14(11,15)16/h9-12,19H,4-8H2,1-3H3. The Morgan fingerprint density at radius 1 is 1.16 bits per heavy atom. The lowest BCUT2D eigenvalue weighted by molar-refractivity contribution is -0.105. The molecule has 0 spiro atoms. The summed E-state index contributed by atoms with van der Waals surface area (Å²) in [5.74, 6) is -3.48. The molecule has 1 saturated carbocycles. The number of likely N-dealkylation sites (tertiary alicyclic amines) is 1. The average Bonchev–Trinajstić information content (AvgIpc) is 2.84. The lowest BCUT2D eigenvalue weighted by atomic mass is 10.0. The van der Waals surface area contributed by atoms with Crippen molar-refractivity contribution < 1.29 is 13.9 Å². The van der Waals surface area contributed by atoms with Gasteiger partial charge in [0.2, 0.25) is 0 Å². The van der Waals surface area contributed by atoms with Crippen LogP contribution in [0, 0.1) is 5.92 Å². The summed E-state index contributed by atoms with van der Waals surface area (Å²) < 4.78 is 26.3. The number of hydrogen-bond donors (Lipinski definition) is 1. The summed E-state index contributed by atoms with van der Waals surface area (Å²) in [5, 5.41) is 10.2. The maximum atomic E-state index is 13.1. The lowest BCUT2D eigenvalue weighted by Crippen LogP contribution is -2.61. The first kappa shape index (κ1) is 13.7. The van der Waals surface area contributed by atoms with E-state index in [9.17, 15) is 13.9 Å². The highest BCUT2D eigenvalue weighted by Crippen LogP contribution is 2.53. The van der Waals surface area contributed by atoms with Crippen molar-refractivity contribution in [2.24, 2.45) is 5.92 Å². The largest absolute Gasteiger partial charge is 0.378 e. The maximum Gasteiger partial charge on any atom is 0.255 e. The molecule has 0 amide bonds. The third-order valence-corrected chi connectivity index (χ3v) is 5.03. The van der Waals surface area contributed by atoms with Crippen molar-refractivity contribution in [2.75, 3.05) is 13.1 Å². The van der Waals surface area contributed by atoms with E-state index in [2.05, 4.69) is 25.7 Å². The molecule has 2 bridgehead atoms. The van der Waals surface area contributed by atoms with Gasteiger partial charge >= 0.3 is 0 Å². The lowest BCUT2D eigenvalue weighted by Gasteiger charge is -2.48. The van der Waals surface area contributed by atoms with Crippen LogP contribution >= 0.6 is 0 Å². The number of nitrogens with zero attached hydrogens (tertiary/aromatic N) is 2. The van der Waals surface area contributed by atoms with Gasteiger partial charge in [0.1, 0.15) is 6.23 Å². The van der Waals surface area contributed by atoms with E-state index in [1.165, 1.54) is 0 Å². The van der Waals surface area contributed by atoms with Gasteiger partial charge in [0.05, 0.1) is 5.92 Å². The fraction of sp³-hybridized carbons (Fsp3) is 1.00. The van der Waals surface area contributed by atoms with Gasteiger partial charge in [-0.05, 0) is 33.6 Å². The molecule has 2 heterocycles. The molecule has 0 aromatic heterocycles. The molecular weight excluding hydrogens is 250 g/mol. The van der Waals surface area contributed by atoms with Gasteiger partial charge < -0.3 is 5.11 Å². The highest BCUT2D eigenvalue weighted by molar-refractivity contribution is 5.06. The number of alkyl halides is 2. The highest BCUT2D eigenvalue weighted by Gasteiger charge is 2.63. The van der Waals surface area contributed by atoms with Crippen LogP contribution in [0.5, 0.6) is 0 Å². The van der Waals surface area contributed by atoms with E-state index >= 15 is 0 Å². The van der Waals surface area contributed by atoms with Crippen molar-refractivity contribution in [2.45, 2.75) is 69.8 Å². The fourth-order valence-electron chi connectivity index (χ4n) is 3.68. The number of fused-ring (bicyclic) bond motifs is 2. The minimum absolute atomic E-state index is 0.113. The van der Waals surface area contributed by atoms with Gasteiger partial charge in [-0.2, -0.15) is 0 Å². The van der Waals surface area contributed by atoms with Gasteiger partial charge in [0.25, 0.3) is 5.92 Å². The van der Waals surface area contributed by atoms with E-state index in [0.717, 1.165) is 25.9 Å². The molecule has 1 N–H and O–H groups in total. The van der Waals surface area contributed by atoms with Crippen LogP contribution in [-0.4, -0.2) is 57.8 Å². The predicted molar refractivity (Wildman–Crippen MR) is 69.0 cm³/mol. The molecule has 3 fully saturated rings. The van der Waals surface area contributed by atoms with Gasteiger partial charge in [0.15, 0.2) is 0 Å². The van der Waals surface area contributed by atoms with Crippen LogP contribution in [0.2, 0.25) is 0 Å². The van der Waals surface area contributed by atoms with E-state index in [1.807, 2.05) is 4.90 Å². The molecule has 2 saturated heterocycles. The summed E-state index contributed by atoms with van der Waals surface area (Å²) in [5.41, 5.74) is 0.113. The van der Waals surface area contributed by atoms with Crippen LogP contribution in [0.1, 0.15) is 40.0 Å². The summed E-state index contributed by atoms with van der Waals surface area (Å²) in [6, 6.07) is 0.480. The quantitative estimate of drug-likeness (QED) is 0.833. The highest BCUT2D eigenvalue weighted by atomic mass is 19.3. The zero-order chi connectivity index (χ0) is 14.0. The molecule has 2 aliphatic heterocycles. The molecule has 0 aromatic rings. The molecule has 19 heavy (non-hydrogen) atoms. The minimum atomic E-state index is -2.64. The van der Waals surface area contributed by atoms with Crippen LogP contribution in [0.4, 0.5) is 8.78 Å². The second kappa shape index (κ2) is 4.12. The molecule has 3 nitrogen and oxygen atoms in total. The Morgan fingerprint density at radius 2 is 1.63 bits per heavy atom. The second-order valence-corrected chi connectivity index (χ2v) is 7.39. The van der Waals surface area contributed by atoms with E-state index in [-0.39, 0.29) is 24.0 Å². The van der Waals surface area contributed by atoms with E-state index in [0.29, 0.717) is 0 Å². The van der Waals surface area contributed by atoms with Crippen LogP contribution in [0.15, 0.2) is 0 Å². The Bertz CT molecular complexity index is 355. The number of aliphatic hydroxyl groups is 1. The maximum absolute atomic E-state index is 13.1.